The molecule has 4 heteroatoms. The van der Waals surface area contributed by atoms with Crippen LogP contribution in [0.3, 0.4) is 0 Å². The molecule has 0 saturated carbocycles. The molecule has 4 nitrogen and oxygen atoms in total. The Labute approximate surface area is 81.7 Å². The van der Waals surface area contributed by atoms with Crippen molar-refractivity contribution in [3.8, 4) is 5.75 Å². The zero-order valence-electron chi connectivity index (χ0n) is 8.03. The van der Waals surface area contributed by atoms with Gasteiger partial charge in [-0.1, -0.05) is 6.07 Å². The molecule has 1 amide bonds. The monoisotopic (exact) mass is 193 g/mol. The first-order valence-corrected chi connectivity index (χ1v) is 4.10. The minimum Gasteiger partial charge on any atom is -0.426 e. The van der Waals surface area contributed by atoms with E-state index in [-0.39, 0.29) is 0 Å². The number of primary amides is 1. The maximum Gasteiger partial charge on any atom is 0.308 e. The summed E-state index contributed by atoms with van der Waals surface area (Å²) in [5.41, 5.74) is 6.08. The average molecular weight is 193 g/mol. The van der Waals surface area contributed by atoms with E-state index < -0.39 is 11.9 Å². The zero-order chi connectivity index (χ0) is 10.7. The third kappa shape index (κ3) is 2.10. The van der Waals surface area contributed by atoms with Crippen molar-refractivity contribution in [2.75, 3.05) is 0 Å². The van der Waals surface area contributed by atoms with Gasteiger partial charge in [-0.25, -0.2) is 0 Å². The lowest BCUT2D eigenvalue weighted by atomic mass is 10.1. The van der Waals surface area contributed by atoms with Crippen LogP contribution in [-0.2, 0) is 4.79 Å². The molecule has 1 aromatic carbocycles. The SMILES string of the molecule is CC(=O)Oc1cccc(C(N)=O)c1C. The maximum atomic E-state index is 10.9. The summed E-state index contributed by atoms with van der Waals surface area (Å²) in [5.74, 6) is -0.583. The van der Waals surface area contributed by atoms with E-state index >= 15 is 0 Å². The number of nitrogens with two attached hydrogens (primary N) is 1. The molecule has 1 aromatic rings. The molecule has 0 heterocycles. The summed E-state index contributed by atoms with van der Waals surface area (Å²) >= 11 is 0. The van der Waals surface area contributed by atoms with Gasteiger partial charge in [0.05, 0.1) is 0 Å². The highest BCUT2D eigenvalue weighted by molar-refractivity contribution is 5.95. The highest BCUT2D eigenvalue weighted by Gasteiger charge is 2.10. The van der Waals surface area contributed by atoms with Gasteiger partial charge in [0.2, 0.25) is 5.91 Å². The van der Waals surface area contributed by atoms with Crippen molar-refractivity contribution in [2.24, 2.45) is 5.73 Å². The van der Waals surface area contributed by atoms with Crippen molar-refractivity contribution < 1.29 is 14.3 Å². The van der Waals surface area contributed by atoms with Crippen LogP contribution < -0.4 is 10.5 Å². The van der Waals surface area contributed by atoms with E-state index in [4.69, 9.17) is 10.5 Å². The van der Waals surface area contributed by atoms with Crippen LogP contribution in [-0.4, -0.2) is 11.9 Å². The first-order valence-electron chi connectivity index (χ1n) is 4.10. The molecular weight excluding hydrogens is 182 g/mol. The third-order valence-corrected chi connectivity index (χ3v) is 1.80. The van der Waals surface area contributed by atoms with Crippen LogP contribution in [0.15, 0.2) is 18.2 Å². The molecule has 0 aliphatic rings. The van der Waals surface area contributed by atoms with E-state index in [1.54, 1.807) is 25.1 Å². The highest BCUT2D eigenvalue weighted by Crippen LogP contribution is 2.20. The van der Waals surface area contributed by atoms with E-state index in [2.05, 4.69) is 0 Å². The summed E-state index contributed by atoms with van der Waals surface area (Å²) in [6, 6.07) is 4.82. The zero-order valence-corrected chi connectivity index (χ0v) is 8.03. The molecule has 0 aromatic heterocycles. The van der Waals surface area contributed by atoms with E-state index in [1.807, 2.05) is 0 Å². The van der Waals surface area contributed by atoms with Crippen molar-refractivity contribution in [1.82, 2.24) is 0 Å². The smallest absolute Gasteiger partial charge is 0.308 e. The van der Waals surface area contributed by atoms with Crippen LogP contribution in [0.25, 0.3) is 0 Å². The quantitative estimate of drug-likeness (QED) is 0.563. The van der Waals surface area contributed by atoms with Gasteiger partial charge in [0.1, 0.15) is 5.75 Å². The Bertz CT molecular complexity index is 385. The van der Waals surface area contributed by atoms with Gasteiger partial charge in [0.15, 0.2) is 0 Å². The van der Waals surface area contributed by atoms with Crippen LogP contribution in [0.4, 0.5) is 0 Å². The van der Waals surface area contributed by atoms with Gasteiger partial charge in [-0.05, 0) is 19.1 Å². The summed E-state index contributed by atoms with van der Waals surface area (Å²) in [5, 5.41) is 0. The molecule has 2 N–H and O–H groups in total. The Morgan fingerprint density at radius 1 is 1.36 bits per heavy atom. The van der Waals surface area contributed by atoms with Crippen LogP contribution in [0, 0.1) is 6.92 Å². The summed E-state index contributed by atoms with van der Waals surface area (Å²) in [6.07, 6.45) is 0. The van der Waals surface area contributed by atoms with E-state index in [0.717, 1.165) is 0 Å². The molecule has 0 fully saturated rings. The number of benzene rings is 1. The molecular formula is C10H11NO3. The standard InChI is InChI=1S/C10H11NO3/c1-6-8(10(11)13)4-3-5-9(6)14-7(2)12/h3-5H,1-2H3,(H2,11,13). The second kappa shape index (κ2) is 3.91. The fourth-order valence-electron chi connectivity index (χ4n) is 1.15. The molecule has 14 heavy (non-hydrogen) atoms. The fraction of sp³-hybridized carbons (Fsp3) is 0.200. The van der Waals surface area contributed by atoms with Crippen molar-refractivity contribution in [1.29, 1.82) is 0 Å². The molecule has 0 unspecified atom stereocenters. The molecule has 0 aliphatic heterocycles. The number of ether oxygens (including phenoxy) is 1. The summed E-state index contributed by atoms with van der Waals surface area (Å²) < 4.78 is 4.89. The van der Waals surface area contributed by atoms with Crippen LogP contribution >= 0.6 is 0 Å². The largest absolute Gasteiger partial charge is 0.426 e. The number of carbonyl (C=O) groups excluding carboxylic acids is 2. The molecule has 0 radical (unpaired) electrons. The van der Waals surface area contributed by atoms with Crippen molar-refractivity contribution >= 4 is 11.9 Å². The second-order valence-corrected chi connectivity index (χ2v) is 2.89. The molecule has 0 saturated heterocycles. The Kier molecular flexibility index (Phi) is 2.86. The fourth-order valence-corrected chi connectivity index (χ4v) is 1.15. The normalized spacial score (nSPS) is 9.57. The number of carbonyl (C=O) groups is 2. The van der Waals surface area contributed by atoms with Crippen LogP contribution in [0.2, 0.25) is 0 Å². The minimum absolute atomic E-state index is 0.365. The Morgan fingerprint density at radius 3 is 2.50 bits per heavy atom. The predicted molar refractivity (Wildman–Crippen MR) is 51.0 cm³/mol. The van der Waals surface area contributed by atoms with Crippen LogP contribution in [0.5, 0.6) is 5.75 Å². The van der Waals surface area contributed by atoms with Gasteiger partial charge in [-0.2, -0.15) is 0 Å². The number of esters is 1. The minimum atomic E-state index is -0.531. The number of rotatable bonds is 2. The first kappa shape index (κ1) is 10.2. The number of amides is 1. The Balaban J connectivity index is 3.13. The van der Waals surface area contributed by atoms with Gasteiger partial charge < -0.3 is 10.5 Å². The van der Waals surface area contributed by atoms with Crippen molar-refractivity contribution in [3.05, 3.63) is 29.3 Å². The number of hydrogen-bond acceptors (Lipinski definition) is 3. The second-order valence-electron chi connectivity index (χ2n) is 2.89. The molecule has 1 rings (SSSR count). The maximum absolute atomic E-state index is 10.9. The van der Waals surface area contributed by atoms with Crippen molar-refractivity contribution in [2.45, 2.75) is 13.8 Å². The van der Waals surface area contributed by atoms with Gasteiger partial charge >= 0.3 is 5.97 Å². The van der Waals surface area contributed by atoms with Crippen LogP contribution in [0.1, 0.15) is 22.8 Å². The van der Waals surface area contributed by atoms with E-state index in [1.165, 1.54) is 6.92 Å². The van der Waals surface area contributed by atoms with E-state index in [9.17, 15) is 9.59 Å². The lowest BCUT2D eigenvalue weighted by Gasteiger charge is -2.07. The van der Waals surface area contributed by atoms with E-state index in [0.29, 0.717) is 16.9 Å². The molecule has 0 spiro atoms. The molecule has 74 valence electrons. The number of hydrogen-bond donors (Lipinski definition) is 1. The average Bonchev–Trinajstić information content (AvgIpc) is 2.07. The van der Waals surface area contributed by atoms with Gasteiger partial charge in [0.25, 0.3) is 0 Å². The first-order chi connectivity index (χ1) is 6.52. The van der Waals surface area contributed by atoms with Gasteiger partial charge in [0, 0.05) is 18.1 Å². The Morgan fingerprint density at radius 2 is 2.00 bits per heavy atom. The Hall–Kier alpha value is -1.84. The molecule has 0 aliphatic carbocycles. The summed E-state index contributed by atoms with van der Waals surface area (Å²) in [7, 11) is 0. The summed E-state index contributed by atoms with van der Waals surface area (Å²) in [4.78, 5) is 21.6. The van der Waals surface area contributed by atoms with Crippen molar-refractivity contribution in [3.63, 3.8) is 0 Å². The highest BCUT2D eigenvalue weighted by atomic mass is 16.5. The van der Waals surface area contributed by atoms with Gasteiger partial charge in [-0.15, -0.1) is 0 Å². The van der Waals surface area contributed by atoms with Gasteiger partial charge in [-0.3, -0.25) is 9.59 Å². The lowest BCUT2D eigenvalue weighted by Crippen LogP contribution is -2.13. The molecule has 0 bridgehead atoms. The lowest BCUT2D eigenvalue weighted by molar-refractivity contribution is -0.131. The summed E-state index contributed by atoms with van der Waals surface area (Å²) in [6.45, 7) is 2.98. The topological polar surface area (TPSA) is 69.4 Å². The molecule has 0 atom stereocenters. The third-order valence-electron chi connectivity index (χ3n) is 1.80. The predicted octanol–water partition coefficient (Wildman–Crippen LogP) is 1.02.